The van der Waals surface area contributed by atoms with E-state index in [0.717, 1.165) is 5.56 Å². The summed E-state index contributed by atoms with van der Waals surface area (Å²) in [7, 11) is 0. The van der Waals surface area contributed by atoms with E-state index in [4.69, 9.17) is 5.11 Å². The normalized spacial score (nSPS) is 11.2. The van der Waals surface area contributed by atoms with Gasteiger partial charge in [-0.3, -0.25) is 4.79 Å². The third-order valence-electron chi connectivity index (χ3n) is 2.50. The zero-order chi connectivity index (χ0) is 12.2. The van der Waals surface area contributed by atoms with Gasteiger partial charge in [-0.1, -0.05) is 17.7 Å². The first-order valence-corrected chi connectivity index (χ1v) is 5.45. The fraction of sp³-hybridized carbons (Fsp3) is 0.462. The Hall–Kier alpha value is -1.35. The van der Waals surface area contributed by atoms with Crippen molar-refractivity contribution < 1.29 is 9.90 Å². The summed E-state index contributed by atoms with van der Waals surface area (Å²) in [5.74, 6) is -0.0987. The third-order valence-corrected chi connectivity index (χ3v) is 2.50. The largest absolute Gasteiger partial charge is 0.396 e. The van der Waals surface area contributed by atoms with Crippen LogP contribution < -0.4 is 5.32 Å². The SMILES string of the molecule is Cc1ccc(C(=O)NC(C)(C)CCO)cc1. The smallest absolute Gasteiger partial charge is 0.251 e. The van der Waals surface area contributed by atoms with Crippen molar-refractivity contribution in [3.8, 4) is 0 Å². The number of aliphatic hydroxyl groups excluding tert-OH is 1. The summed E-state index contributed by atoms with van der Waals surface area (Å²) in [5.41, 5.74) is 1.40. The van der Waals surface area contributed by atoms with Gasteiger partial charge in [0, 0.05) is 17.7 Å². The van der Waals surface area contributed by atoms with Gasteiger partial charge in [-0.05, 0) is 39.3 Å². The first kappa shape index (κ1) is 12.7. The predicted molar refractivity (Wildman–Crippen MR) is 64.4 cm³/mol. The highest BCUT2D eigenvalue weighted by molar-refractivity contribution is 5.94. The average Bonchev–Trinajstić information content (AvgIpc) is 2.17. The number of hydrogen-bond donors (Lipinski definition) is 2. The molecular formula is C13H19NO2. The lowest BCUT2D eigenvalue weighted by Gasteiger charge is -2.25. The monoisotopic (exact) mass is 221 g/mol. The maximum Gasteiger partial charge on any atom is 0.251 e. The van der Waals surface area contributed by atoms with Gasteiger partial charge in [-0.15, -0.1) is 0 Å². The molecule has 1 aromatic rings. The summed E-state index contributed by atoms with van der Waals surface area (Å²) in [6.45, 7) is 5.85. The molecule has 16 heavy (non-hydrogen) atoms. The lowest BCUT2D eigenvalue weighted by molar-refractivity contribution is 0.0899. The minimum atomic E-state index is -0.378. The molecule has 0 saturated heterocycles. The second-order valence-electron chi connectivity index (χ2n) is 4.68. The van der Waals surface area contributed by atoms with Crippen LogP contribution in [0.4, 0.5) is 0 Å². The molecule has 1 aromatic carbocycles. The van der Waals surface area contributed by atoms with Crippen LogP contribution in [-0.2, 0) is 0 Å². The molecule has 0 radical (unpaired) electrons. The van der Waals surface area contributed by atoms with E-state index in [1.165, 1.54) is 0 Å². The zero-order valence-corrected chi connectivity index (χ0v) is 10.1. The predicted octanol–water partition coefficient (Wildman–Crippen LogP) is 1.89. The van der Waals surface area contributed by atoms with Crippen molar-refractivity contribution in [2.75, 3.05) is 6.61 Å². The zero-order valence-electron chi connectivity index (χ0n) is 10.1. The highest BCUT2D eigenvalue weighted by Crippen LogP contribution is 2.10. The molecule has 3 nitrogen and oxygen atoms in total. The minimum Gasteiger partial charge on any atom is -0.396 e. The molecule has 1 rings (SSSR count). The maximum atomic E-state index is 11.9. The Kier molecular flexibility index (Phi) is 4.07. The molecule has 1 amide bonds. The first-order chi connectivity index (χ1) is 7.44. The van der Waals surface area contributed by atoms with Crippen LogP contribution in [0.15, 0.2) is 24.3 Å². The van der Waals surface area contributed by atoms with E-state index in [-0.39, 0.29) is 18.1 Å². The number of benzene rings is 1. The van der Waals surface area contributed by atoms with Crippen molar-refractivity contribution in [3.63, 3.8) is 0 Å². The van der Waals surface area contributed by atoms with Crippen molar-refractivity contribution in [1.29, 1.82) is 0 Å². The van der Waals surface area contributed by atoms with Crippen molar-refractivity contribution in [3.05, 3.63) is 35.4 Å². The van der Waals surface area contributed by atoms with E-state index >= 15 is 0 Å². The fourth-order valence-electron chi connectivity index (χ4n) is 1.43. The van der Waals surface area contributed by atoms with E-state index in [0.29, 0.717) is 12.0 Å². The molecule has 0 fully saturated rings. The van der Waals surface area contributed by atoms with Gasteiger partial charge >= 0.3 is 0 Å². The van der Waals surface area contributed by atoms with Crippen LogP contribution >= 0.6 is 0 Å². The van der Waals surface area contributed by atoms with Gasteiger partial charge in [0.1, 0.15) is 0 Å². The Bertz CT molecular complexity index is 355. The lowest BCUT2D eigenvalue weighted by Crippen LogP contribution is -2.44. The van der Waals surface area contributed by atoms with Gasteiger partial charge in [0.15, 0.2) is 0 Å². The number of carbonyl (C=O) groups is 1. The fourth-order valence-corrected chi connectivity index (χ4v) is 1.43. The second kappa shape index (κ2) is 5.12. The van der Waals surface area contributed by atoms with Gasteiger partial charge in [-0.2, -0.15) is 0 Å². The molecule has 3 heteroatoms. The molecule has 0 aliphatic rings. The van der Waals surface area contributed by atoms with Crippen LogP contribution in [0.3, 0.4) is 0 Å². The summed E-state index contributed by atoms with van der Waals surface area (Å²) < 4.78 is 0. The Morgan fingerprint density at radius 3 is 2.38 bits per heavy atom. The Morgan fingerprint density at radius 2 is 1.88 bits per heavy atom. The van der Waals surface area contributed by atoms with Crippen molar-refractivity contribution in [2.24, 2.45) is 0 Å². The third kappa shape index (κ3) is 3.66. The Balaban J connectivity index is 2.69. The Labute approximate surface area is 96.5 Å². The van der Waals surface area contributed by atoms with Crippen LogP contribution in [-0.4, -0.2) is 23.2 Å². The van der Waals surface area contributed by atoms with Gasteiger partial charge in [0.2, 0.25) is 0 Å². The molecular weight excluding hydrogens is 202 g/mol. The molecule has 0 aliphatic heterocycles. The number of amides is 1. The molecule has 0 bridgehead atoms. The summed E-state index contributed by atoms with van der Waals surface area (Å²) >= 11 is 0. The van der Waals surface area contributed by atoms with Crippen molar-refractivity contribution in [2.45, 2.75) is 32.7 Å². The van der Waals surface area contributed by atoms with Gasteiger partial charge in [-0.25, -0.2) is 0 Å². The van der Waals surface area contributed by atoms with Gasteiger partial charge in [0.25, 0.3) is 5.91 Å². The van der Waals surface area contributed by atoms with Crippen LogP contribution in [0.5, 0.6) is 0 Å². The topological polar surface area (TPSA) is 49.3 Å². The van der Waals surface area contributed by atoms with Crippen molar-refractivity contribution >= 4 is 5.91 Å². The number of hydrogen-bond acceptors (Lipinski definition) is 2. The highest BCUT2D eigenvalue weighted by atomic mass is 16.3. The molecule has 88 valence electrons. The lowest BCUT2D eigenvalue weighted by atomic mass is 10.0. The van der Waals surface area contributed by atoms with Crippen LogP contribution in [0.2, 0.25) is 0 Å². The molecule has 0 saturated carbocycles. The molecule has 0 heterocycles. The van der Waals surface area contributed by atoms with E-state index in [2.05, 4.69) is 5.32 Å². The maximum absolute atomic E-state index is 11.9. The molecule has 0 aromatic heterocycles. The molecule has 0 atom stereocenters. The number of aliphatic hydroxyl groups is 1. The second-order valence-corrected chi connectivity index (χ2v) is 4.68. The molecule has 2 N–H and O–H groups in total. The number of nitrogens with one attached hydrogen (secondary N) is 1. The Morgan fingerprint density at radius 1 is 1.31 bits per heavy atom. The number of aryl methyl sites for hydroxylation is 1. The molecule has 0 unspecified atom stereocenters. The average molecular weight is 221 g/mol. The summed E-state index contributed by atoms with van der Waals surface area (Å²) in [4.78, 5) is 11.9. The van der Waals surface area contributed by atoms with Gasteiger partial charge in [0.05, 0.1) is 0 Å². The van der Waals surface area contributed by atoms with E-state index in [1.807, 2.05) is 32.9 Å². The highest BCUT2D eigenvalue weighted by Gasteiger charge is 2.20. The van der Waals surface area contributed by atoms with E-state index in [1.54, 1.807) is 12.1 Å². The number of rotatable bonds is 4. The number of carbonyl (C=O) groups excluding carboxylic acids is 1. The molecule has 0 aliphatic carbocycles. The quantitative estimate of drug-likeness (QED) is 0.815. The van der Waals surface area contributed by atoms with Crippen LogP contribution in [0.1, 0.15) is 36.2 Å². The first-order valence-electron chi connectivity index (χ1n) is 5.45. The summed E-state index contributed by atoms with van der Waals surface area (Å²) in [6, 6.07) is 7.43. The minimum absolute atomic E-state index is 0.0706. The van der Waals surface area contributed by atoms with Crippen LogP contribution in [0.25, 0.3) is 0 Å². The van der Waals surface area contributed by atoms with Crippen LogP contribution in [0, 0.1) is 6.92 Å². The van der Waals surface area contributed by atoms with E-state index in [9.17, 15) is 4.79 Å². The van der Waals surface area contributed by atoms with Crippen molar-refractivity contribution in [1.82, 2.24) is 5.32 Å². The standard InChI is InChI=1S/C13H19NO2/c1-10-4-6-11(7-5-10)12(16)14-13(2,3)8-9-15/h4-7,15H,8-9H2,1-3H3,(H,14,16). The van der Waals surface area contributed by atoms with Gasteiger partial charge < -0.3 is 10.4 Å². The molecule has 0 spiro atoms. The van der Waals surface area contributed by atoms with E-state index < -0.39 is 0 Å². The summed E-state index contributed by atoms with van der Waals surface area (Å²) in [5, 5.41) is 11.8. The summed E-state index contributed by atoms with van der Waals surface area (Å²) in [6.07, 6.45) is 0.546.